The van der Waals surface area contributed by atoms with Gasteiger partial charge in [-0.05, 0) is 76.0 Å². The molecule has 0 aromatic heterocycles. The highest BCUT2D eigenvalue weighted by Gasteiger charge is 2.59. The Morgan fingerprint density at radius 1 is 0.906 bits per heavy atom. The third-order valence-electron chi connectivity index (χ3n) is 8.77. The summed E-state index contributed by atoms with van der Waals surface area (Å²) in [7, 11) is 0. The summed E-state index contributed by atoms with van der Waals surface area (Å²) in [6, 6.07) is 3.71. The standard InChI is InChI=1S/C24H33N5O3/c25-12-19-3-1-5-28(19)21(30)14-27(15-22(31)29-6-2-4-20(29)13-26)23-8-17-7-18(9-23)11-24(32,10-17)16-23/h17-20,32H,1-11,14-16H2/t17-,18+,19-,20-,23?,24?/m1/s1. The monoisotopic (exact) mass is 439 g/mol. The van der Waals surface area contributed by atoms with Crippen LogP contribution in [-0.4, -0.2) is 81.0 Å². The van der Waals surface area contributed by atoms with E-state index in [1.165, 1.54) is 0 Å². The predicted molar refractivity (Wildman–Crippen MR) is 115 cm³/mol. The van der Waals surface area contributed by atoms with Crippen molar-refractivity contribution >= 4 is 11.8 Å². The van der Waals surface area contributed by atoms with Gasteiger partial charge in [-0.1, -0.05) is 0 Å². The lowest BCUT2D eigenvalue weighted by Gasteiger charge is -2.63. The molecule has 8 nitrogen and oxygen atoms in total. The molecule has 4 aliphatic carbocycles. The van der Waals surface area contributed by atoms with Crippen LogP contribution in [0.3, 0.4) is 0 Å². The van der Waals surface area contributed by atoms with E-state index in [4.69, 9.17) is 0 Å². The van der Waals surface area contributed by atoms with Gasteiger partial charge in [0.05, 0.1) is 30.8 Å². The first kappa shape index (κ1) is 21.7. The molecule has 1 N–H and O–H groups in total. The third-order valence-corrected chi connectivity index (χ3v) is 8.77. The molecule has 2 amide bonds. The van der Waals surface area contributed by atoms with Crippen LogP contribution >= 0.6 is 0 Å². The molecule has 6 rings (SSSR count). The highest BCUT2D eigenvalue weighted by Crippen LogP contribution is 2.59. The smallest absolute Gasteiger partial charge is 0.237 e. The van der Waals surface area contributed by atoms with Crippen LogP contribution in [0.1, 0.15) is 64.2 Å². The van der Waals surface area contributed by atoms with Crippen LogP contribution in [0, 0.1) is 34.5 Å². The molecule has 2 heterocycles. The maximum atomic E-state index is 13.3. The van der Waals surface area contributed by atoms with Crippen molar-refractivity contribution in [2.45, 2.75) is 87.4 Å². The van der Waals surface area contributed by atoms with Crippen molar-refractivity contribution in [2.75, 3.05) is 26.2 Å². The van der Waals surface area contributed by atoms with Gasteiger partial charge in [-0.25, -0.2) is 0 Å². The first-order chi connectivity index (χ1) is 15.3. The van der Waals surface area contributed by atoms with Crippen molar-refractivity contribution in [1.82, 2.24) is 14.7 Å². The Morgan fingerprint density at radius 3 is 1.84 bits per heavy atom. The van der Waals surface area contributed by atoms with Gasteiger partial charge in [-0.15, -0.1) is 0 Å². The van der Waals surface area contributed by atoms with E-state index in [0.29, 0.717) is 44.2 Å². The highest BCUT2D eigenvalue weighted by atomic mass is 16.3. The van der Waals surface area contributed by atoms with Gasteiger partial charge in [0.15, 0.2) is 0 Å². The molecule has 0 spiro atoms. The molecule has 6 fully saturated rings. The van der Waals surface area contributed by atoms with Crippen molar-refractivity contribution in [3.8, 4) is 12.1 Å². The fraction of sp³-hybridized carbons (Fsp3) is 0.833. The summed E-state index contributed by atoms with van der Waals surface area (Å²) >= 11 is 0. The summed E-state index contributed by atoms with van der Waals surface area (Å²) in [5, 5.41) is 30.2. The molecule has 0 radical (unpaired) electrons. The molecule has 4 saturated carbocycles. The average Bonchev–Trinajstić information content (AvgIpc) is 3.40. The summed E-state index contributed by atoms with van der Waals surface area (Å²) in [4.78, 5) is 32.0. The Kier molecular flexibility index (Phi) is 5.42. The van der Waals surface area contributed by atoms with Gasteiger partial charge in [0, 0.05) is 18.6 Å². The van der Waals surface area contributed by atoms with Crippen molar-refractivity contribution < 1.29 is 14.7 Å². The van der Waals surface area contributed by atoms with Gasteiger partial charge >= 0.3 is 0 Å². The molecule has 2 aliphatic heterocycles. The third kappa shape index (κ3) is 3.68. The molecule has 2 saturated heterocycles. The summed E-state index contributed by atoms with van der Waals surface area (Å²) < 4.78 is 0. The van der Waals surface area contributed by atoms with Gasteiger partial charge in [-0.3, -0.25) is 14.5 Å². The second-order valence-electron chi connectivity index (χ2n) is 11.0. The van der Waals surface area contributed by atoms with Crippen molar-refractivity contribution in [1.29, 1.82) is 10.5 Å². The zero-order valence-electron chi connectivity index (χ0n) is 18.7. The number of carbonyl (C=O) groups excluding carboxylic acids is 2. The fourth-order valence-electron chi connectivity index (χ4n) is 7.83. The number of carbonyl (C=O) groups is 2. The van der Waals surface area contributed by atoms with Crippen LogP contribution in [0.2, 0.25) is 0 Å². The first-order valence-electron chi connectivity index (χ1n) is 12.2. The van der Waals surface area contributed by atoms with Gasteiger partial charge in [0.1, 0.15) is 12.1 Å². The maximum Gasteiger partial charge on any atom is 0.237 e. The Morgan fingerprint density at radius 2 is 1.41 bits per heavy atom. The van der Waals surface area contributed by atoms with Crippen LogP contribution in [0.15, 0.2) is 0 Å². The zero-order chi connectivity index (χ0) is 22.5. The number of amides is 2. The van der Waals surface area contributed by atoms with Gasteiger partial charge in [-0.2, -0.15) is 10.5 Å². The second-order valence-corrected chi connectivity index (χ2v) is 11.0. The van der Waals surface area contributed by atoms with Crippen LogP contribution < -0.4 is 0 Å². The molecule has 0 aromatic carbocycles. The lowest BCUT2D eigenvalue weighted by Crippen LogP contribution is -2.67. The molecule has 2 unspecified atom stereocenters. The normalized spacial score (nSPS) is 40.0. The minimum Gasteiger partial charge on any atom is -0.390 e. The van der Waals surface area contributed by atoms with E-state index in [1.807, 2.05) is 4.90 Å². The van der Waals surface area contributed by atoms with E-state index < -0.39 is 5.60 Å². The van der Waals surface area contributed by atoms with Gasteiger partial charge < -0.3 is 14.9 Å². The van der Waals surface area contributed by atoms with Gasteiger partial charge in [0.25, 0.3) is 0 Å². The van der Waals surface area contributed by atoms with E-state index in [-0.39, 0.29) is 42.5 Å². The lowest BCUT2D eigenvalue weighted by atomic mass is 9.50. The highest BCUT2D eigenvalue weighted by molar-refractivity contribution is 5.82. The number of rotatable bonds is 5. The maximum absolute atomic E-state index is 13.3. The van der Waals surface area contributed by atoms with E-state index in [2.05, 4.69) is 12.1 Å². The molecular formula is C24H33N5O3. The van der Waals surface area contributed by atoms with Crippen LogP contribution in [0.5, 0.6) is 0 Å². The van der Waals surface area contributed by atoms with E-state index >= 15 is 0 Å². The van der Waals surface area contributed by atoms with Gasteiger partial charge in [0.2, 0.25) is 11.8 Å². The Balaban J connectivity index is 1.40. The molecule has 6 atom stereocenters. The Bertz CT molecular complexity index is 816. The van der Waals surface area contributed by atoms with E-state index in [9.17, 15) is 25.2 Å². The van der Waals surface area contributed by atoms with Crippen LogP contribution in [0.25, 0.3) is 0 Å². The molecule has 0 aromatic rings. The number of hydrogen-bond acceptors (Lipinski definition) is 6. The lowest BCUT2D eigenvalue weighted by molar-refractivity contribution is -0.181. The minimum atomic E-state index is -0.694. The number of hydrogen-bond donors (Lipinski definition) is 1. The topological polar surface area (TPSA) is 112 Å². The first-order valence-corrected chi connectivity index (χ1v) is 12.2. The Labute approximate surface area is 189 Å². The SMILES string of the molecule is N#C[C@H]1CCCN1C(=O)CN(CC(=O)N1CCC[C@@H]1C#N)C12C[C@@H]3C[C@@H](CC(O)(C3)C1)C2. The number of nitriles is 2. The van der Waals surface area contributed by atoms with Crippen LogP contribution in [0.4, 0.5) is 0 Å². The summed E-state index contributed by atoms with van der Waals surface area (Å²) in [6.07, 6.45) is 8.28. The molecule has 4 bridgehead atoms. The van der Waals surface area contributed by atoms with Crippen LogP contribution in [-0.2, 0) is 9.59 Å². The molecule has 172 valence electrons. The summed E-state index contributed by atoms with van der Waals surface area (Å²) in [5.74, 6) is 0.683. The molecular weight excluding hydrogens is 406 g/mol. The second kappa shape index (κ2) is 8.01. The quantitative estimate of drug-likeness (QED) is 0.693. The summed E-state index contributed by atoms with van der Waals surface area (Å²) in [6.45, 7) is 1.38. The molecule has 32 heavy (non-hydrogen) atoms. The van der Waals surface area contributed by atoms with Crippen molar-refractivity contribution in [2.24, 2.45) is 11.8 Å². The van der Waals surface area contributed by atoms with Crippen molar-refractivity contribution in [3.63, 3.8) is 0 Å². The minimum absolute atomic E-state index is 0.0946. The number of likely N-dealkylation sites (tertiary alicyclic amines) is 2. The molecule has 8 heteroatoms. The van der Waals surface area contributed by atoms with E-state index in [0.717, 1.165) is 44.9 Å². The van der Waals surface area contributed by atoms with Crippen molar-refractivity contribution in [3.05, 3.63) is 0 Å². The largest absolute Gasteiger partial charge is 0.390 e. The zero-order valence-corrected chi connectivity index (χ0v) is 18.7. The van der Waals surface area contributed by atoms with E-state index in [1.54, 1.807) is 9.80 Å². The Hall–Kier alpha value is -2.16. The number of aliphatic hydroxyl groups is 1. The predicted octanol–water partition coefficient (Wildman–Crippen LogP) is 1.40. The molecule has 6 aliphatic rings. The average molecular weight is 440 g/mol. The number of nitrogens with zero attached hydrogens (tertiary/aromatic N) is 5. The summed E-state index contributed by atoms with van der Waals surface area (Å²) in [5.41, 5.74) is -1.05. The fourth-order valence-corrected chi connectivity index (χ4v) is 7.83.